The molecule has 17 heavy (non-hydrogen) atoms. The summed E-state index contributed by atoms with van der Waals surface area (Å²) in [5, 5.41) is 17.9. The summed E-state index contributed by atoms with van der Waals surface area (Å²) in [6.45, 7) is 1.48. The Kier molecular flexibility index (Phi) is 8.29. The van der Waals surface area contributed by atoms with Gasteiger partial charge in [-0.15, -0.1) is 0 Å². The van der Waals surface area contributed by atoms with Crippen LogP contribution in [0.4, 0.5) is 0 Å². The highest BCUT2D eigenvalue weighted by atomic mass is 16.6. The third-order valence-electron chi connectivity index (χ3n) is 1.74. The molecule has 2 unspecified atom stereocenters. The average molecular weight is 250 g/mol. The van der Waals surface area contributed by atoms with Gasteiger partial charge in [-0.3, -0.25) is 9.59 Å². The molecule has 0 fully saturated rings. The number of aliphatic hydroxyl groups is 2. The monoisotopic (exact) mass is 250 g/mol. The minimum absolute atomic E-state index is 0.123. The van der Waals surface area contributed by atoms with Crippen molar-refractivity contribution in [1.82, 2.24) is 0 Å². The maximum absolute atomic E-state index is 10.6. The molecule has 2 atom stereocenters. The van der Waals surface area contributed by atoms with E-state index in [2.05, 4.69) is 9.47 Å². The lowest BCUT2D eigenvalue weighted by molar-refractivity contribution is -0.157. The van der Waals surface area contributed by atoms with Crippen LogP contribution in [0.15, 0.2) is 0 Å². The van der Waals surface area contributed by atoms with Crippen LogP contribution in [0.3, 0.4) is 0 Å². The van der Waals surface area contributed by atoms with E-state index in [0.29, 0.717) is 0 Å². The van der Waals surface area contributed by atoms with Crippen LogP contribution in [0.5, 0.6) is 0 Å². The van der Waals surface area contributed by atoms with Crippen molar-refractivity contribution < 1.29 is 34.0 Å². The van der Waals surface area contributed by atoms with Gasteiger partial charge >= 0.3 is 11.9 Å². The van der Waals surface area contributed by atoms with Crippen molar-refractivity contribution in [2.75, 3.05) is 26.4 Å². The Bertz CT molecular complexity index is 217. The topological polar surface area (TPSA) is 102 Å². The lowest BCUT2D eigenvalue weighted by Crippen LogP contribution is -2.35. The van der Waals surface area contributed by atoms with Gasteiger partial charge in [-0.2, -0.15) is 0 Å². The van der Waals surface area contributed by atoms with Crippen molar-refractivity contribution in [2.45, 2.75) is 26.1 Å². The van der Waals surface area contributed by atoms with E-state index in [9.17, 15) is 9.59 Å². The Balaban J connectivity index is 4.02. The van der Waals surface area contributed by atoms with Crippen LogP contribution in [-0.2, 0) is 23.8 Å². The fraction of sp³-hybridized carbons (Fsp3) is 0.800. The maximum Gasteiger partial charge on any atom is 0.302 e. The number of hydrogen-bond donors (Lipinski definition) is 2. The van der Waals surface area contributed by atoms with E-state index in [0.717, 1.165) is 0 Å². The molecule has 0 radical (unpaired) electrons. The third kappa shape index (κ3) is 8.61. The van der Waals surface area contributed by atoms with Crippen LogP contribution in [0, 0.1) is 0 Å². The number of rotatable bonds is 8. The minimum Gasteiger partial charge on any atom is -0.463 e. The molecule has 0 aromatic rings. The van der Waals surface area contributed by atoms with E-state index >= 15 is 0 Å². The molecule has 7 nitrogen and oxygen atoms in total. The van der Waals surface area contributed by atoms with Gasteiger partial charge in [0.2, 0.25) is 0 Å². The summed E-state index contributed by atoms with van der Waals surface area (Å²) in [6, 6.07) is 0. The molecule has 0 spiro atoms. The van der Waals surface area contributed by atoms with Crippen molar-refractivity contribution >= 4 is 11.9 Å². The number of ether oxygens (including phenoxy) is 3. The Morgan fingerprint density at radius 1 is 0.941 bits per heavy atom. The van der Waals surface area contributed by atoms with Gasteiger partial charge in [0.1, 0.15) is 25.4 Å². The van der Waals surface area contributed by atoms with Gasteiger partial charge in [-0.25, -0.2) is 0 Å². The van der Waals surface area contributed by atoms with Gasteiger partial charge in [0.15, 0.2) is 0 Å². The van der Waals surface area contributed by atoms with E-state index in [-0.39, 0.29) is 26.4 Å². The van der Waals surface area contributed by atoms with Crippen LogP contribution in [-0.4, -0.2) is 60.8 Å². The van der Waals surface area contributed by atoms with E-state index in [4.69, 9.17) is 14.9 Å². The molecule has 2 N–H and O–H groups in total. The lowest BCUT2D eigenvalue weighted by atomic mass is 10.3. The lowest BCUT2D eigenvalue weighted by Gasteiger charge is -2.21. The highest BCUT2D eigenvalue weighted by molar-refractivity contribution is 5.66. The molecule has 0 saturated carbocycles. The number of esters is 2. The third-order valence-corrected chi connectivity index (χ3v) is 1.74. The highest BCUT2D eigenvalue weighted by Gasteiger charge is 2.17. The first-order valence-electron chi connectivity index (χ1n) is 5.13. The standard InChI is InChI=1S/C10H18O7/c1-7(13)15-5-9(3-11)17-10(4-12)6-16-8(2)14/h9-12H,3-6H2,1-2H3. The average Bonchev–Trinajstić information content (AvgIpc) is 2.27. The Labute approximate surface area is 99.3 Å². The van der Waals surface area contributed by atoms with E-state index < -0.39 is 24.1 Å². The molecule has 0 aromatic carbocycles. The van der Waals surface area contributed by atoms with E-state index in [1.54, 1.807) is 0 Å². The van der Waals surface area contributed by atoms with Crippen molar-refractivity contribution in [3.8, 4) is 0 Å². The zero-order valence-corrected chi connectivity index (χ0v) is 9.92. The van der Waals surface area contributed by atoms with E-state index in [1.807, 2.05) is 0 Å². The second-order valence-corrected chi connectivity index (χ2v) is 3.35. The fourth-order valence-electron chi connectivity index (χ4n) is 0.963. The molecule has 0 aromatic heterocycles. The Morgan fingerprint density at radius 2 is 1.29 bits per heavy atom. The maximum atomic E-state index is 10.6. The fourth-order valence-corrected chi connectivity index (χ4v) is 0.963. The zero-order chi connectivity index (χ0) is 13.3. The summed E-state index contributed by atoms with van der Waals surface area (Å²) in [7, 11) is 0. The predicted molar refractivity (Wildman–Crippen MR) is 56.1 cm³/mol. The number of carbonyl (C=O) groups is 2. The normalized spacial score (nSPS) is 13.9. The summed E-state index contributed by atoms with van der Waals surface area (Å²) >= 11 is 0. The van der Waals surface area contributed by atoms with Crippen molar-refractivity contribution in [2.24, 2.45) is 0 Å². The molecule has 0 saturated heterocycles. The quantitative estimate of drug-likeness (QED) is 0.524. The van der Waals surface area contributed by atoms with Gasteiger partial charge in [-0.05, 0) is 0 Å². The first kappa shape index (κ1) is 15.8. The molecule has 0 bridgehead atoms. The first-order valence-corrected chi connectivity index (χ1v) is 5.13. The van der Waals surface area contributed by atoms with Crippen LogP contribution < -0.4 is 0 Å². The van der Waals surface area contributed by atoms with Crippen LogP contribution in [0.25, 0.3) is 0 Å². The van der Waals surface area contributed by atoms with Gasteiger partial charge in [0, 0.05) is 13.8 Å². The van der Waals surface area contributed by atoms with Crippen LogP contribution in [0.1, 0.15) is 13.8 Å². The Morgan fingerprint density at radius 3 is 1.53 bits per heavy atom. The molecular weight excluding hydrogens is 232 g/mol. The SMILES string of the molecule is CC(=O)OCC(CO)OC(CO)COC(C)=O. The van der Waals surface area contributed by atoms with E-state index in [1.165, 1.54) is 13.8 Å². The summed E-state index contributed by atoms with van der Waals surface area (Å²) in [6.07, 6.45) is -1.52. The molecule has 0 aliphatic rings. The molecule has 0 rings (SSSR count). The van der Waals surface area contributed by atoms with Crippen LogP contribution >= 0.6 is 0 Å². The zero-order valence-electron chi connectivity index (χ0n) is 9.92. The molecule has 0 amide bonds. The predicted octanol–water partition coefficient (Wildman–Crippen LogP) is -1.15. The largest absolute Gasteiger partial charge is 0.463 e. The van der Waals surface area contributed by atoms with Crippen molar-refractivity contribution in [3.63, 3.8) is 0 Å². The molecular formula is C10H18O7. The Hall–Kier alpha value is -1.18. The molecule has 0 aliphatic heterocycles. The molecule has 100 valence electrons. The second kappa shape index (κ2) is 8.91. The van der Waals surface area contributed by atoms with Crippen molar-refractivity contribution in [1.29, 1.82) is 0 Å². The smallest absolute Gasteiger partial charge is 0.302 e. The van der Waals surface area contributed by atoms with Gasteiger partial charge in [0.25, 0.3) is 0 Å². The van der Waals surface area contributed by atoms with Gasteiger partial charge in [0.05, 0.1) is 13.2 Å². The number of aliphatic hydroxyl groups excluding tert-OH is 2. The molecule has 0 heterocycles. The highest BCUT2D eigenvalue weighted by Crippen LogP contribution is 2.01. The van der Waals surface area contributed by atoms with Crippen molar-refractivity contribution in [3.05, 3.63) is 0 Å². The summed E-state index contributed by atoms with van der Waals surface area (Å²) in [4.78, 5) is 21.1. The number of carbonyl (C=O) groups excluding carboxylic acids is 2. The number of hydrogen-bond acceptors (Lipinski definition) is 7. The molecule has 7 heteroatoms. The van der Waals surface area contributed by atoms with Crippen LogP contribution in [0.2, 0.25) is 0 Å². The van der Waals surface area contributed by atoms with Gasteiger partial charge < -0.3 is 24.4 Å². The van der Waals surface area contributed by atoms with Gasteiger partial charge in [-0.1, -0.05) is 0 Å². The second-order valence-electron chi connectivity index (χ2n) is 3.35. The minimum atomic E-state index is -0.758. The summed E-state index contributed by atoms with van der Waals surface area (Å²) in [5.74, 6) is -0.986. The first-order chi connectivity index (χ1) is 7.99. The summed E-state index contributed by atoms with van der Waals surface area (Å²) in [5.41, 5.74) is 0. The summed E-state index contributed by atoms with van der Waals surface area (Å²) < 4.78 is 14.5. The molecule has 0 aliphatic carbocycles.